The fraction of sp³-hybridized carbons (Fsp3) is 0.278. The van der Waals surface area contributed by atoms with E-state index in [0.717, 1.165) is 11.5 Å². The van der Waals surface area contributed by atoms with Crippen LogP contribution in [0.4, 0.5) is 0 Å². The Morgan fingerprint density at radius 1 is 0.870 bits per heavy atom. The highest BCUT2D eigenvalue weighted by molar-refractivity contribution is 5.77. The molecule has 0 aromatic heterocycles. The highest BCUT2D eigenvalue weighted by Gasteiger charge is 2.03. The molecule has 23 heavy (non-hydrogen) atoms. The number of ether oxygens (including phenoxy) is 3. The third kappa shape index (κ3) is 6.30. The van der Waals surface area contributed by atoms with E-state index in [4.69, 9.17) is 14.2 Å². The lowest BCUT2D eigenvalue weighted by Crippen LogP contribution is -2.32. The molecule has 1 amide bonds. The van der Waals surface area contributed by atoms with Crippen LogP contribution >= 0.6 is 0 Å². The van der Waals surface area contributed by atoms with Crippen molar-refractivity contribution in [2.24, 2.45) is 0 Å². The van der Waals surface area contributed by atoms with Crippen molar-refractivity contribution < 1.29 is 19.0 Å². The molecule has 5 heteroatoms. The normalized spacial score (nSPS) is 9.96. The smallest absolute Gasteiger partial charge is 0.258 e. The number of para-hydroxylation sites is 1. The minimum Gasteiger partial charge on any atom is -0.494 e. The van der Waals surface area contributed by atoms with Crippen molar-refractivity contribution >= 4 is 5.91 Å². The fourth-order valence-corrected chi connectivity index (χ4v) is 1.87. The largest absolute Gasteiger partial charge is 0.494 e. The Bertz CT molecular complexity index is 584. The first-order chi connectivity index (χ1) is 11.3. The van der Waals surface area contributed by atoms with Crippen molar-refractivity contribution in [3.05, 3.63) is 54.6 Å². The predicted molar refractivity (Wildman–Crippen MR) is 88.1 cm³/mol. The molecule has 0 spiro atoms. The van der Waals surface area contributed by atoms with Crippen LogP contribution in [0.2, 0.25) is 0 Å². The molecule has 1 N–H and O–H groups in total. The molecule has 2 rings (SSSR count). The number of benzene rings is 2. The van der Waals surface area contributed by atoms with E-state index < -0.39 is 0 Å². The van der Waals surface area contributed by atoms with Gasteiger partial charge in [0.15, 0.2) is 6.61 Å². The highest BCUT2D eigenvalue weighted by Crippen LogP contribution is 2.17. The summed E-state index contributed by atoms with van der Waals surface area (Å²) in [7, 11) is 0. The van der Waals surface area contributed by atoms with Gasteiger partial charge in [-0.15, -0.1) is 0 Å². The molecule has 2 aromatic rings. The number of carbonyl (C=O) groups is 1. The minimum atomic E-state index is -0.185. The molecule has 0 aliphatic rings. The molecule has 0 heterocycles. The standard InChI is InChI=1S/C18H21NO4/c1-2-21-16-8-10-17(11-9-16)23-14-18(20)19-12-13-22-15-6-4-3-5-7-15/h3-11H,2,12-14H2,1H3,(H,19,20). The lowest BCUT2D eigenvalue weighted by atomic mass is 10.3. The monoisotopic (exact) mass is 315 g/mol. The molecule has 0 fully saturated rings. The zero-order chi connectivity index (χ0) is 16.3. The Morgan fingerprint density at radius 3 is 2.13 bits per heavy atom. The minimum absolute atomic E-state index is 0.0285. The van der Waals surface area contributed by atoms with Crippen molar-refractivity contribution in [3.63, 3.8) is 0 Å². The molecule has 5 nitrogen and oxygen atoms in total. The van der Waals surface area contributed by atoms with Gasteiger partial charge in [-0.3, -0.25) is 4.79 Å². The number of hydrogen-bond acceptors (Lipinski definition) is 4. The van der Waals surface area contributed by atoms with E-state index in [-0.39, 0.29) is 12.5 Å². The Balaban J connectivity index is 1.61. The maximum absolute atomic E-state index is 11.7. The molecule has 0 aliphatic carbocycles. The van der Waals surface area contributed by atoms with Crippen molar-refractivity contribution in [1.82, 2.24) is 5.32 Å². The maximum atomic E-state index is 11.7. The first-order valence-electron chi connectivity index (χ1n) is 7.58. The van der Waals surface area contributed by atoms with Gasteiger partial charge in [-0.25, -0.2) is 0 Å². The van der Waals surface area contributed by atoms with E-state index in [0.29, 0.717) is 25.5 Å². The van der Waals surface area contributed by atoms with Gasteiger partial charge in [-0.05, 0) is 43.3 Å². The van der Waals surface area contributed by atoms with Crippen LogP contribution in [0.5, 0.6) is 17.2 Å². The molecule has 0 unspecified atom stereocenters. The summed E-state index contributed by atoms with van der Waals surface area (Å²) in [5, 5.41) is 2.74. The number of nitrogens with one attached hydrogen (secondary N) is 1. The van der Waals surface area contributed by atoms with Crippen molar-refractivity contribution in [3.8, 4) is 17.2 Å². The summed E-state index contributed by atoms with van der Waals surface area (Å²) in [6.45, 7) is 3.36. The van der Waals surface area contributed by atoms with Gasteiger partial charge in [0.05, 0.1) is 13.2 Å². The van der Waals surface area contributed by atoms with Gasteiger partial charge in [0.1, 0.15) is 23.9 Å². The quantitative estimate of drug-likeness (QED) is 0.723. The predicted octanol–water partition coefficient (Wildman–Crippen LogP) is 2.66. The number of carbonyl (C=O) groups excluding carboxylic acids is 1. The molecule has 0 bridgehead atoms. The zero-order valence-corrected chi connectivity index (χ0v) is 13.2. The lowest BCUT2D eigenvalue weighted by molar-refractivity contribution is -0.123. The number of amides is 1. The summed E-state index contributed by atoms with van der Waals surface area (Å²) in [5.41, 5.74) is 0. The summed E-state index contributed by atoms with van der Waals surface area (Å²) in [6, 6.07) is 16.6. The van der Waals surface area contributed by atoms with Crippen LogP contribution in [0, 0.1) is 0 Å². The topological polar surface area (TPSA) is 56.8 Å². The van der Waals surface area contributed by atoms with Crippen LogP contribution < -0.4 is 19.5 Å². The second-order valence-corrected chi connectivity index (χ2v) is 4.70. The second-order valence-electron chi connectivity index (χ2n) is 4.70. The van der Waals surface area contributed by atoms with Crippen molar-refractivity contribution in [1.29, 1.82) is 0 Å². The van der Waals surface area contributed by atoms with Crippen LogP contribution in [0.3, 0.4) is 0 Å². The molecule has 0 saturated carbocycles. The van der Waals surface area contributed by atoms with Crippen LogP contribution in [-0.2, 0) is 4.79 Å². The van der Waals surface area contributed by atoms with Gasteiger partial charge in [0.2, 0.25) is 0 Å². The van der Waals surface area contributed by atoms with E-state index in [9.17, 15) is 4.79 Å². The first-order valence-corrected chi connectivity index (χ1v) is 7.58. The SMILES string of the molecule is CCOc1ccc(OCC(=O)NCCOc2ccccc2)cc1. The van der Waals surface area contributed by atoms with E-state index in [1.165, 1.54) is 0 Å². The number of hydrogen-bond donors (Lipinski definition) is 1. The molecule has 0 aliphatic heterocycles. The summed E-state index contributed by atoms with van der Waals surface area (Å²) < 4.78 is 16.2. The van der Waals surface area contributed by atoms with Gasteiger partial charge < -0.3 is 19.5 Å². The summed E-state index contributed by atoms with van der Waals surface area (Å²) in [4.78, 5) is 11.7. The second kappa shape index (κ2) is 9.35. The maximum Gasteiger partial charge on any atom is 0.258 e. The molecule has 0 atom stereocenters. The van der Waals surface area contributed by atoms with Crippen LogP contribution in [0.1, 0.15) is 6.92 Å². The van der Waals surface area contributed by atoms with Gasteiger partial charge >= 0.3 is 0 Å². The summed E-state index contributed by atoms with van der Waals surface area (Å²) in [5.74, 6) is 2.01. The van der Waals surface area contributed by atoms with Gasteiger partial charge in [-0.1, -0.05) is 18.2 Å². The van der Waals surface area contributed by atoms with Gasteiger partial charge in [-0.2, -0.15) is 0 Å². The van der Waals surface area contributed by atoms with Crippen LogP contribution in [-0.4, -0.2) is 32.3 Å². The average molecular weight is 315 g/mol. The van der Waals surface area contributed by atoms with Crippen LogP contribution in [0.25, 0.3) is 0 Å². The van der Waals surface area contributed by atoms with Crippen LogP contribution in [0.15, 0.2) is 54.6 Å². The average Bonchev–Trinajstić information content (AvgIpc) is 2.59. The number of rotatable bonds is 9. The molecule has 0 radical (unpaired) electrons. The van der Waals surface area contributed by atoms with Crippen molar-refractivity contribution in [2.45, 2.75) is 6.92 Å². The Morgan fingerprint density at radius 2 is 1.48 bits per heavy atom. The van der Waals surface area contributed by atoms with E-state index in [1.807, 2.05) is 49.4 Å². The first kappa shape index (κ1) is 16.7. The van der Waals surface area contributed by atoms with Gasteiger partial charge in [0, 0.05) is 0 Å². The molecule has 0 saturated heterocycles. The third-order valence-corrected chi connectivity index (χ3v) is 2.94. The highest BCUT2D eigenvalue weighted by atomic mass is 16.5. The van der Waals surface area contributed by atoms with E-state index in [2.05, 4.69) is 5.32 Å². The lowest BCUT2D eigenvalue weighted by Gasteiger charge is -2.09. The molecule has 2 aromatic carbocycles. The van der Waals surface area contributed by atoms with E-state index in [1.54, 1.807) is 12.1 Å². The van der Waals surface area contributed by atoms with E-state index >= 15 is 0 Å². The molecule has 122 valence electrons. The third-order valence-electron chi connectivity index (χ3n) is 2.94. The Hall–Kier alpha value is -2.69. The van der Waals surface area contributed by atoms with Gasteiger partial charge in [0.25, 0.3) is 5.91 Å². The Kier molecular flexibility index (Phi) is 6.78. The zero-order valence-electron chi connectivity index (χ0n) is 13.2. The Labute approximate surface area is 136 Å². The van der Waals surface area contributed by atoms with Crippen molar-refractivity contribution in [2.75, 3.05) is 26.4 Å². The summed E-state index contributed by atoms with van der Waals surface area (Å²) in [6.07, 6.45) is 0. The fourth-order valence-electron chi connectivity index (χ4n) is 1.87. The molecular weight excluding hydrogens is 294 g/mol. The summed E-state index contributed by atoms with van der Waals surface area (Å²) >= 11 is 0. The molecular formula is C18H21NO4.